The molecular formula is C16H32N2. The van der Waals surface area contributed by atoms with Crippen molar-refractivity contribution in [3.8, 4) is 0 Å². The summed E-state index contributed by atoms with van der Waals surface area (Å²) < 4.78 is 0. The molecule has 2 aliphatic heterocycles. The molecule has 3 atom stereocenters. The van der Waals surface area contributed by atoms with E-state index < -0.39 is 0 Å². The van der Waals surface area contributed by atoms with Gasteiger partial charge in [0.05, 0.1) is 0 Å². The summed E-state index contributed by atoms with van der Waals surface area (Å²) in [7, 11) is 0. The molecule has 18 heavy (non-hydrogen) atoms. The van der Waals surface area contributed by atoms with E-state index in [1.54, 1.807) is 0 Å². The van der Waals surface area contributed by atoms with Crippen molar-refractivity contribution in [2.24, 2.45) is 11.3 Å². The van der Waals surface area contributed by atoms with Gasteiger partial charge >= 0.3 is 0 Å². The Morgan fingerprint density at radius 1 is 1.17 bits per heavy atom. The Kier molecular flexibility index (Phi) is 4.38. The van der Waals surface area contributed by atoms with Crippen LogP contribution in [-0.2, 0) is 0 Å². The van der Waals surface area contributed by atoms with Crippen LogP contribution in [0.3, 0.4) is 0 Å². The van der Waals surface area contributed by atoms with E-state index in [9.17, 15) is 0 Å². The van der Waals surface area contributed by atoms with Gasteiger partial charge in [0.25, 0.3) is 0 Å². The third kappa shape index (κ3) is 3.08. The normalized spacial score (nSPS) is 34.8. The van der Waals surface area contributed by atoms with Gasteiger partial charge in [0.2, 0.25) is 0 Å². The minimum atomic E-state index is 0.442. The van der Waals surface area contributed by atoms with E-state index in [0.29, 0.717) is 5.41 Å². The molecule has 2 bridgehead atoms. The molecule has 0 spiro atoms. The lowest BCUT2D eigenvalue weighted by molar-refractivity contribution is 0.0743. The number of nitrogens with zero attached hydrogens (tertiary/aromatic N) is 1. The van der Waals surface area contributed by atoms with Crippen LogP contribution in [0.1, 0.15) is 60.3 Å². The van der Waals surface area contributed by atoms with Gasteiger partial charge < -0.3 is 5.32 Å². The summed E-state index contributed by atoms with van der Waals surface area (Å²) in [4.78, 5) is 2.84. The summed E-state index contributed by atoms with van der Waals surface area (Å²) in [6.07, 6.45) is 5.62. The Hall–Kier alpha value is -0.0800. The minimum Gasteiger partial charge on any atom is -0.314 e. The summed E-state index contributed by atoms with van der Waals surface area (Å²) in [6.45, 7) is 14.2. The highest BCUT2D eigenvalue weighted by molar-refractivity contribution is 4.98. The maximum atomic E-state index is 3.66. The maximum Gasteiger partial charge on any atom is 0.0114 e. The average molecular weight is 252 g/mol. The van der Waals surface area contributed by atoms with Crippen LogP contribution in [0.15, 0.2) is 0 Å². The first-order valence-electron chi connectivity index (χ1n) is 7.91. The summed E-state index contributed by atoms with van der Waals surface area (Å²) in [5.41, 5.74) is 0.442. The number of hydrogen-bond acceptors (Lipinski definition) is 2. The molecule has 0 radical (unpaired) electrons. The van der Waals surface area contributed by atoms with Crippen LogP contribution in [-0.4, -0.2) is 36.1 Å². The van der Waals surface area contributed by atoms with Crippen LogP contribution >= 0.6 is 0 Å². The molecule has 2 nitrogen and oxygen atoms in total. The SMILES string of the molecule is CCNC1CC2CCC(C1)N2CC(C)C(C)(C)C. The van der Waals surface area contributed by atoms with E-state index in [-0.39, 0.29) is 0 Å². The third-order valence-electron chi connectivity index (χ3n) is 5.34. The molecule has 2 rings (SSSR count). The predicted octanol–water partition coefficient (Wildman–Crippen LogP) is 3.27. The molecule has 0 saturated carbocycles. The topological polar surface area (TPSA) is 15.3 Å². The van der Waals surface area contributed by atoms with Gasteiger partial charge in [-0.05, 0) is 43.6 Å². The second-order valence-corrected chi connectivity index (χ2v) is 7.57. The van der Waals surface area contributed by atoms with Crippen molar-refractivity contribution in [2.45, 2.75) is 78.4 Å². The first-order chi connectivity index (χ1) is 8.41. The second-order valence-electron chi connectivity index (χ2n) is 7.57. The lowest BCUT2D eigenvalue weighted by Gasteiger charge is -2.42. The summed E-state index contributed by atoms with van der Waals surface area (Å²) >= 11 is 0. The monoisotopic (exact) mass is 252 g/mol. The number of rotatable bonds is 4. The van der Waals surface area contributed by atoms with Gasteiger partial charge in [0, 0.05) is 24.7 Å². The van der Waals surface area contributed by atoms with Crippen molar-refractivity contribution in [1.82, 2.24) is 10.2 Å². The lowest BCUT2D eigenvalue weighted by Crippen LogP contribution is -2.51. The number of fused-ring (bicyclic) bond motifs is 2. The number of hydrogen-bond donors (Lipinski definition) is 1. The first kappa shape index (κ1) is 14.3. The van der Waals surface area contributed by atoms with Crippen molar-refractivity contribution in [3.63, 3.8) is 0 Å². The highest BCUT2D eigenvalue weighted by Gasteiger charge is 2.41. The number of piperidine rings is 1. The zero-order valence-corrected chi connectivity index (χ0v) is 13.0. The third-order valence-corrected chi connectivity index (χ3v) is 5.34. The molecule has 1 N–H and O–H groups in total. The van der Waals surface area contributed by atoms with Crippen LogP contribution in [0, 0.1) is 11.3 Å². The Bertz CT molecular complexity index is 255. The van der Waals surface area contributed by atoms with E-state index in [1.165, 1.54) is 32.2 Å². The van der Waals surface area contributed by atoms with Gasteiger partial charge in [-0.2, -0.15) is 0 Å². The molecule has 2 fully saturated rings. The Morgan fingerprint density at radius 3 is 2.17 bits per heavy atom. The Morgan fingerprint density at radius 2 is 1.72 bits per heavy atom. The zero-order valence-electron chi connectivity index (χ0n) is 13.0. The molecule has 106 valence electrons. The highest BCUT2D eigenvalue weighted by atomic mass is 15.2. The zero-order chi connectivity index (χ0) is 13.3. The second kappa shape index (κ2) is 5.50. The molecule has 2 heterocycles. The largest absolute Gasteiger partial charge is 0.314 e. The molecule has 0 aromatic heterocycles. The van der Waals surface area contributed by atoms with Crippen LogP contribution in [0.2, 0.25) is 0 Å². The van der Waals surface area contributed by atoms with E-state index in [0.717, 1.165) is 30.6 Å². The van der Waals surface area contributed by atoms with Crippen molar-refractivity contribution in [2.75, 3.05) is 13.1 Å². The van der Waals surface area contributed by atoms with Crippen LogP contribution in [0.5, 0.6) is 0 Å². The summed E-state index contributed by atoms with van der Waals surface area (Å²) in [5.74, 6) is 0.788. The molecule has 3 unspecified atom stereocenters. The predicted molar refractivity (Wildman–Crippen MR) is 78.8 cm³/mol. The Labute approximate surface area is 114 Å². The van der Waals surface area contributed by atoms with Crippen LogP contribution in [0.25, 0.3) is 0 Å². The van der Waals surface area contributed by atoms with Gasteiger partial charge in [0.15, 0.2) is 0 Å². The number of nitrogens with one attached hydrogen (secondary N) is 1. The molecule has 0 amide bonds. The molecule has 2 heteroatoms. The standard InChI is InChI=1S/C16H32N2/c1-6-17-13-9-14-7-8-15(10-13)18(14)11-12(2)16(3,4)5/h12-15,17H,6-11H2,1-5H3. The fraction of sp³-hybridized carbons (Fsp3) is 1.00. The molecule has 2 saturated heterocycles. The van der Waals surface area contributed by atoms with Gasteiger partial charge in [0.1, 0.15) is 0 Å². The van der Waals surface area contributed by atoms with E-state index in [4.69, 9.17) is 0 Å². The molecular weight excluding hydrogens is 220 g/mol. The van der Waals surface area contributed by atoms with Crippen LogP contribution < -0.4 is 5.32 Å². The van der Waals surface area contributed by atoms with Crippen molar-refractivity contribution >= 4 is 0 Å². The quantitative estimate of drug-likeness (QED) is 0.826. The Balaban J connectivity index is 1.92. The smallest absolute Gasteiger partial charge is 0.0114 e. The van der Waals surface area contributed by atoms with E-state index in [2.05, 4.69) is 44.8 Å². The van der Waals surface area contributed by atoms with Crippen molar-refractivity contribution in [3.05, 3.63) is 0 Å². The lowest BCUT2D eigenvalue weighted by atomic mass is 9.81. The average Bonchev–Trinajstić information content (AvgIpc) is 2.51. The van der Waals surface area contributed by atoms with Gasteiger partial charge in [-0.15, -0.1) is 0 Å². The highest BCUT2D eigenvalue weighted by Crippen LogP contribution is 2.38. The molecule has 2 aliphatic rings. The van der Waals surface area contributed by atoms with Crippen molar-refractivity contribution in [1.29, 1.82) is 0 Å². The minimum absolute atomic E-state index is 0.442. The first-order valence-corrected chi connectivity index (χ1v) is 7.91. The molecule has 0 aliphatic carbocycles. The fourth-order valence-electron chi connectivity index (χ4n) is 3.62. The van der Waals surface area contributed by atoms with Crippen LogP contribution in [0.4, 0.5) is 0 Å². The molecule has 0 aromatic rings. The van der Waals surface area contributed by atoms with Gasteiger partial charge in [-0.25, -0.2) is 0 Å². The van der Waals surface area contributed by atoms with Crippen molar-refractivity contribution < 1.29 is 0 Å². The van der Waals surface area contributed by atoms with Gasteiger partial charge in [-0.1, -0.05) is 34.6 Å². The summed E-state index contributed by atoms with van der Waals surface area (Å²) in [5, 5.41) is 3.66. The maximum absolute atomic E-state index is 3.66. The van der Waals surface area contributed by atoms with E-state index in [1.807, 2.05) is 0 Å². The van der Waals surface area contributed by atoms with Gasteiger partial charge in [-0.3, -0.25) is 4.90 Å². The fourth-order valence-corrected chi connectivity index (χ4v) is 3.62. The summed E-state index contributed by atoms with van der Waals surface area (Å²) in [6, 6.07) is 2.50. The van der Waals surface area contributed by atoms with E-state index >= 15 is 0 Å². The molecule has 0 aromatic carbocycles.